The number of rotatable bonds is 4. The summed E-state index contributed by atoms with van der Waals surface area (Å²) in [6, 6.07) is 13.2. The Bertz CT molecular complexity index is 704. The number of hydrogen-bond acceptors (Lipinski definition) is 2. The van der Waals surface area contributed by atoms with Crippen molar-refractivity contribution in [2.75, 3.05) is 7.05 Å². The van der Waals surface area contributed by atoms with Crippen molar-refractivity contribution in [3.05, 3.63) is 59.0 Å². The average Bonchev–Trinajstić information content (AvgIpc) is 3.15. The minimum Gasteiger partial charge on any atom is -0.464 e. The van der Waals surface area contributed by atoms with Crippen LogP contribution in [0, 0.1) is 13.8 Å². The Morgan fingerprint density at radius 3 is 2.65 bits per heavy atom. The number of nitrogens with zero attached hydrogens (tertiary/aromatic N) is 1. The zero-order valence-electron chi connectivity index (χ0n) is 14.3. The normalized spacial score (nSPS) is 21.8. The van der Waals surface area contributed by atoms with Gasteiger partial charge in [0.1, 0.15) is 11.5 Å². The molecule has 1 fully saturated rings. The standard InChI is InChI=1S/C19H25N3O/c1-12-7-5-6-8-15(12)16-11-17(16)22-19(20-4)21-14(3)18-10-9-13(2)23-18/h5-10,14,16-17H,11H2,1-4H3,(H2,20,21,22). The third-order valence-electron chi connectivity index (χ3n) is 4.47. The first-order valence-electron chi connectivity index (χ1n) is 8.20. The Morgan fingerprint density at radius 2 is 2.00 bits per heavy atom. The van der Waals surface area contributed by atoms with Gasteiger partial charge in [-0.1, -0.05) is 24.3 Å². The molecule has 1 aliphatic carbocycles. The average molecular weight is 311 g/mol. The summed E-state index contributed by atoms with van der Waals surface area (Å²) in [5.74, 6) is 3.26. The number of aliphatic imine (C=N–C) groups is 1. The van der Waals surface area contributed by atoms with E-state index in [1.54, 1.807) is 7.05 Å². The van der Waals surface area contributed by atoms with Crippen molar-refractivity contribution in [2.24, 2.45) is 4.99 Å². The molecule has 0 spiro atoms. The summed E-state index contributed by atoms with van der Waals surface area (Å²) in [5.41, 5.74) is 2.80. The topological polar surface area (TPSA) is 49.6 Å². The Labute approximate surface area is 138 Å². The van der Waals surface area contributed by atoms with E-state index in [9.17, 15) is 0 Å². The van der Waals surface area contributed by atoms with Crippen LogP contribution in [0.15, 0.2) is 45.8 Å². The van der Waals surface area contributed by atoms with Gasteiger partial charge in [-0.2, -0.15) is 0 Å². The Kier molecular flexibility index (Phi) is 4.42. The molecule has 23 heavy (non-hydrogen) atoms. The smallest absolute Gasteiger partial charge is 0.191 e. The molecule has 0 bridgehead atoms. The molecule has 3 atom stereocenters. The van der Waals surface area contributed by atoms with Crippen molar-refractivity contribution >= 4 is 5.96 Å². The number of nitrogens with one attached hydrogen (secondary N) is 2. The summed E-state index contributed by atoms with van der Waals surface area (Å²) in [7, 11) is 1.81. The highest BCUT2D eigenvalue weighted by Crippen LogP contribution is 2.42. The number of aryl methyl sites for hydroxylation is 2. The van der Waals surface area contributed by atoms with Crippen LogP contribution in [0.1, 0.15) is 48.0 Å². The van der Waals surface area contributed by atoms with Crippen LogP contribution in [0.4, 0.5) is 0 Å². The predicted molar refractivity (Wildman–Crippen MR) is 93.8 cm³/mol. The third-order valence-corrected chi connectivity index (χ3v) is 4.47. The maximum absolute atomic E-state index is 5.67. The summed E-state index contributed by atoms with van der Waals surface area (Å²) in [6.07, 6.45) is 1.15. The van der Waals surface area contributed by atoms with Crippen LogP contribution < -0.4 is 10.6 Å². The first-order chi connectivity index (χ1) is 11.1. The number of hydrogen-bond donors (Lipinski definition) is 2. The highest BCUT2D eigenvalue weighted by atomic mass is 16.3. The summed E-state index contributed by atoms with van der Waals surface area (Å²) >= 11 is 0. The van der Waals surface area contributed by atoms with Crippen LogP contribution >= 0.6 is 0 Å². The molecule has 2 aromatic rings. The van der Waals surface area contributed by atoms with E-state index in [1.165, 1.54) is 11.1 Å². The monoisotopic (exact) mass is 311 g/mol. The minimum absolute atomic E-state index is 0.0885. The van der Waals surface area contributed by atoms with Crippen molar-refractivity contribution < 1.29 is 4.42 Å². The van der Waals surface area contributed by atoms with Crippen LogP contribution in [-0.2, 0) is 0 Å². The van der Waals surface area contributed by atoms with E-state index in [-0.39, 0.29) is 6.04 Å². The Hall–Kier alpha value is -2.23. The zero-order chi connectivity index (χ0) is 16.4. The minimum atomic E-state index is 0.0885. The van der Waals surface area contributed by atoms with Gasteiger partial charge in [0.15, 0.2) is 5.96 Å². The molecule has 0 saturated heterocycles. The molecule has 2 N–H and O–H groups in total. The first kappa shape index (κ1) is 15.7. The van der Waals surface area contributed by atoms with E-state index in [0.717, 1.165) is 23.9 Å². The lowest BCUT2D eigenvalue weighted by Crippen LogP contribution is -2.40. The molecule has 1 aliphatic rings. The van der Waals surface area contributed by atoms with Gasteiger partial charge in [-0.25, -0.2) is 0 Å². The summed E-state index contributed by atoms with van der Waals surface area (Å²) in [4.78, 5) is 4.34. The molecule has 1 aromatic heterocycles. The molecule has 4 nitrogen and oxygen atoms in total. The summed E-state index contributed by atoms with van der Waals surface area (Å²) in [6.45, 7) is 6.22. The summed E-state index contributed by atoms with van der Waals surface area (Å²) < 4.78 is 5.67. The quantitative estimate of drug-likeness (QED) is 0.669. The Morgan fingerprint density at radius 1 is 1.22 bits per heavy atom. The summed E-state index contributed by atoms with van der Waals surface area (Å²) in [5, 5.41) is 6.92. The van der Waals surface area contributed by atoms with Crippen LogP contribution in [0.3, 0.4) is 0 Å². The van der Waals surface area contributed by atoms with Crippen molar-refractivity contribution in [3.8, 4) is 0 Å². The molecule has 1 aromatic carbocycles. The molecular weight excluding hydrogens is 286 g/mol. The largest absolute Gasteiger partial charge is 0.464 e. The SMILES string of the molecule is CN=C(NC(C)c1ccc(C)o1)NC1CC1c1ccccc1C. The van der Waals surface area contributed by atoms with E-state index in [0.29, 0.717) is 12.0 Å². The van der Waals surface area contributed by atoms with Crippen molar-refractivity contribution in [1.82, 2.24) is 10.6 Å². The Balaban J connectivity index is 1.58. The zero-order valence-corrected chi connectivity index (χ0v) is 14.3. The molecule has 3 unspecified atom stereocenters. The van der Waals surface area contributed by atoms with Gasteiger partial charge in [0, 0.05) is 19.0 Å². The van der Waals surface area contributed by atoms with Gasteiger partial charge in [0.05, 0.1) is 6.04 Å². The fraction of sp³-hybridized carbons (Fsp3) is 0.421. The number of benzene rings is 1. The van der Waals surface area contributed by atoms with Crippen molar-refractivity contribution in [3.63, 3.8) is 0 Å². The lowest BCUT2D eigenvalue weighted by Gasteiger charge is -2.16. The fourth-order valence-corrected chi connectivity index (χ4v) is 3.01. The lowest BCUT2D eigenvalue weighted by molar-refractivity contribution is 0.441. The van der Waals surface area contributed by atoms with E-state index in [2.05, 4.69) is 53.7 Å². The highest BCUT2D eigenvalue weighted by Gasteiger charge is 2.39. The van der Waals surface area contributed by atoms with Gasteiger partial charge in [-0.15, -0.1) is 0 Å². The van der Waals surface area contributed by atoms with Gasteiger partial charge in [0.2, 0.25) is 0 Å². The van der Waals surface area contributed by atoms with E-state index in [1.807, 2.05) is 19.1 Å². The predicted octanol–water partition coefficient (Wildman–Crippen LogP) is 3.68. The highest BCUT2D eigenvalue weighted by molar-refractivity contribution is 5.81. The van der Waals surface area contributed by atoms with Gasteiger partial charge in [0.25, 0.3) is 0 Å². The molecular formula is C19H25N3O. The maximum atomic E-state index is 5.67. The molecule has 0 amide bonds. The van der Waals surface area contributed by atoms with Gasteiger partial charge in [-0.05, 0) is 50.5 Å². The third kappa shape index (κ3) is 3.58. The molecule has 3 rings (SSSR count). The van der Waals surface area contributed by atoms with Gasteiger partial charge >= 0.3 is 0 Å². The molecule has 122 valence electrons. The van der Waals surface area contributed by atoms with E-state index < -0.39 is 0 Å². The second-order valence-electron chi connectivity index (χ2n) is 6.34. The van der Waals surface area contributed by atoms with E-state index >= 15 is 0 Å². The second kappa shape index (κ2) is 6.49. The molecule has 0 radical (unpaired) electrons. The molecule has 0 aliphatic heterocycles. The van der Waals surface area contributed by atoms with Crippen molar-refractivity contribution in [1.29, 1.82) is 0 Å². The second-order valence-corrected chi connectivity index (χ2v) is 6.34. The first-order valence-corrected chi connectivity index (χ1v) is 8.20. The van der Waals surface area contributed by atoms with Crippen LogP contribution in [-0.4, -0.2) is 19.0 Å². The molecule has 1 saturated carbocycles. The number of guanidine groups is 1. The number of furan rings is 1. The van der Waals surface area contributed by atoms with Crippen LogP contribution in [0.2, 0.25) is 0 Å². The maximum Gasteiger partial charge on any atom is 0.191 e. The lowest BCUT2D eigenvalue weighted by atomic mass is 10.0. The van der Waals surface area contributed by atoms with Crippen LogP contribution in [0.5, 0.6) is 0 Å². The molecule has 1 heterocycles. The van der Waals surface area contributed by atoms with E-state index in [4.69, 9.17) is 4.42 Å². The van der Waals surface area contributed by atoms with Gasteiger partial charge in [-0.3, -0.25) is 4.99 Å². The van der Waals surface area contributed by atoms with Crippen LogP contribution in [0.25, 0.3) is 0 Å². The molecule has 4 heteroatoms. The fourth-order valence-electron chi connectivity index (χ4n) is 3.01. The van der Waals surface area contributed by atoms with Gasteiger partial charge < -0.3 is 15.1 Å². The van der Waals surface area contributed by atoms with Crippen molar-refractivity contribution in [2.45, 2.75) is 45.2 Å².